The Morgan fingerprint density at radius 2 is 2.11 bits per heavy atom. The fraction of sp³-hybridized carbons (Fsp3) is 0.786. The van der Waals surface area contributed by atoms with Gasteiger partial charge in [0.25, 0.3) is 0 Å². The van der Waals surface area contributed by atoms with Crippen molar-refractivity contribution in [2.45, 2.75) is 57.0 Å². The predicted molar refractivity (Wildman–Crippen MR) is 67.5 cm³/mol. The van der Waals surface area contributed by atoms with Crippen molar-refractivity contribution in [1.29, 1.82) is 0 Å². The summed E-state index contributed by atoms with van der Waals surface area (Å²) in [6.45, 7) is 0. The van der Waals surface area contributed by atoms with Gasteiger partial charge in [-0.2, -0.15) is 4.98 Å². The quantitative estimate of drug-likeness (QED) is 0.817. The Kier molecular flexibility index (Phi) is 3.39. The molecule has 5 nitrogen and oxygen atoms in total. The van der Waals surface area contributed by atoms with E-state index in [4.69, 9.17) is 9.26 Å². The van der Waals surface area contributed by atoms with E-state index in [-0.39, 0.29) is 18.1 Å². The summed E-state index contributed by atoms with van der Waals surface area (Å²) in [6, 6.07) is 0. The second-order valence-corrected chi connectivity index (χ2v) is 5.69. The molecule has 104 valence electrons. The number of ether oxygens (including phenoxy) is 1. The molecular formula is C14H20N2O3. The van der Waals surface area contributed by atoms with Crippen LogP contribution in [0.3, 0.4) is 0 Å². The molecule has 1 aromatic heterocycles. The number of Topliss-reactive ketones (excluding diaryl/α,β-unsaturated/α-hetero) is 1. The molecule has 0 radical (unpaired) electrons. The van der Waals surface area contributed by atoms with Crippen molar-refractivity contribution in [3.8, 4) is 0 Å². The molecule has 0 amide bonds. The van der Waals surface area contributed by atoms with Crippen LogP contribution in [0, 0.1) is 5.92 Å². The maximum absolute atomic E-state index is 11.8. The number of hydrogen-bond donors (Lipinski definition) is 0. The topological polar surface area (TPSA) is 65.2 Å². The Bertz CT molecular complexity index is 459. The molecule has 2 fully saturated rings. The number of carbonyl (C=O) groups excluding carboxylic acids is 1. The molecule has 1 heterocycles. The van der Waals surface area contributed by atoms with Crippen LogP contribution in [0.4, 0.5) is 0 Å². The van der Waals surface area contributed by atoms with E-state index in [9.17, 15) is 4.79 Å². The highest BCUT2D eigenvalue weighted by atomic mass is 16.5. The number of hydrogen-bond acceptors (Lipinski definition) is 5. The van der Waals surface area contributed by atoms with Crippen molar-refractivity contribution in [2.24, 2.45) is 5.92 Å². The summed E-state index contributed by atoms with van der Waals surface area (Å²) in [4.78, 5) is 16.2. The van der Waals surface area contributed by atoms with E-state index in [0.29, 0.717) is 11.7 Å². The molecule has 0 saturated heterocycles. The van der Waals surface area contributed by atoms with Gasteiger partial charge in [0, 0.05) is 13.0 Å². The normalized spacial score (nSPS) is 22.4. The molecule has 0 bridgehead atoms. The van der Waals surface area contributed by atoms with Crippen LogP contribution in [0.5, 0.6) is 0 Å². The summed E-state index contributed by atoms with van der Waals surface area (Å²) in [5, 5.41) is 4.05. The van der Waals surface area contributed by atoms with E-state index < -0.39 is 5.60 Å². The predicted octanol–water partition coefficient (Wildman–Crippen LogP) is 2.40. The molecule has 5 heteroatoms. The third-order valence-electron chi connectivity index (χ3n) is 4.29. The summed E-state index contributed by atoms with van der Waals surface area (Å²) in [5.41, 5.74) is -0.400. The van der Waals surface area contributed by atoms with Gasteiger partial charge in [-0.3, -0.25) is 4.79 Å². The molecule has 0 aromatic carbocycles. The largest absolute Gasteiger partial charge is 0.370 e. The molecule has 1 aromatic rings. The van der Waals surface area contributed by atoms with E-state index in [0.717, 1.165) is 38.5 Å². The van der Waals surface area contributed by atoms with Gasteiger partial charge in [0.1, 0.15) is 11.4 Å². The Balaban J connectivity index is 1.73. The van der Waals surface area contributed by atoms with Gasteiger partial charge < -0.3 is 9.26 Å². The number of rotatable bonds is 5. The molecule has 0 unspecified atom stereocenters. The van der Waals surface area contributed by atoms with Crippen molar-refractivity contribution in [3.05, 3.63) is 11.7 Å². The maximum Gasteiger partial charge on any atom is 0.234 e. The van der Waals surface area contributed by atoms with E-state index in [1.165, 1.54) is 6.42 Å². The summed E-state index contributed by atoms with van der Waals surface area (Å²) >= 11 is 0. The Morgan fingerprint density at radius 1 is 1.37 bits per heavy atom. The van der Waals surface area contributed by atoms with Gasteiger partial charge in [0.2, 0.25) is 11.7 Å². The number of ketones is 1. The summed E-state index contributed by atoms with van der Waals surface area (Å²) in [7, 11) is 1.71. The molecule has 0 spiro atoms. The first-order valence-corrected chi connectivity index (χ1v) is 7.14. The summed E-state index contributed by atoms with van der Waals surface area (Å²) in [6.07, 6.45) is 7.65. The van der Waals surface area contributed by atoms with E-state index in [1.807, 2.05) is 0 Å². The molecule has 2 aliphatic rings. The van der Waals surface area contributed by atoms with Crippen molar-refractivity contribution in [2.75, 3.05) is 7.11 Å². The summed E-state index contributed by atoms with van der Waals surface area (Å²) in [5.74, 6) is 1.52. The molecule has 2 aliphatic carbocycles. The van der Waals surface area contributed by atoms with Gasteiger partial charge in [0.05, 0.1) is 6.42 Å². The smallest absolute Gasteiger partial charge is 0.234 e. The lowest BCUT2D eigenvalue weighted by atomic mass is 9.84. The van der Waals surface area contributed by atoms with Gasteiger partial charge in [-0.25, -0.2) is 0 Å². The van der Waals surface area contributed by atoms with E-state index in [2.05, 4.69) is 10.1 Å². The maximum atomic E-state index is 11.8. The van der Waals surface area contributed by atoms with Crippen LogP contribution in [-0.4, -0.2) is 23.0 Å². The van der Waals surface area contributed by atoms with Crippen LogP contribution < -0.4 is 0 Å². The van der Waals surface area contributed by atoms with E-state index in [1.54, 1.807) is 7.11 Å². The third kappa shape index (κ3) is 2.56. The van der Waals surface area contributed by atoms with Crippen molar-refractivity contribution >= 4 is 5.78 Å². The minimum Gasteiger partial charge on any atom is -0.370 e. The second-order valence-electron chi connectivity index (χ2n) is 5.69. The molecule has 19 heavy (non-hydrogen) atoms. The average molecular weight is 264 g/mol. The average Bonchev–Trinajstić information content (AvgIpc) is 3.20. The molecule has 0 N–H and O–H groups in total. The lowest BCUT2D eigenvalue weighted by molar-refractivity contribution is -0.119. The number of methoxy groups -OCH3 is 1. The Hall–Kier alpha value is -1.23. The highest BCUT2D eigenvalue weighted by molar-refractivity contribution is 5.84. The summed E-state index contributed by atoms with van der Waals surface area (Å²) < 4.78 is 10.9. The van der Waals surface area contributed by atoms with Gasteiger partial charge in [-0.05, 0) is 25.7 Å². The SMILES string of the molecule is COC1(c2noc(CC(=O)C3CC3)n2)CCCCC1. The van der Waals surface area contributed by atoms with Crippen LogP contribution in [0.1, 0.15) is 56.7 Å². The van der Waals surface area contributed by atoms with Crippen LogP contribution in [-0.2, 0) is 21.6 Å². The first-order valence-electron chi connectivity index (χ1n) is 7.14. The molecule has 0 atom stereocenters. The highest BCUT2D eigenvalue weighted by Gasteiger charge is 2.39. The molecule has 2 saturated carbocycles. The lowest BCUT2D eigenvalue weighted by Gasteiger charge is -2.32. The number of nitrogens with zero attached hydrogens (tertiary/aromatic N) is 2. The Morgan fingerprint density at radius 3 is 2.74 bits per heavy atom. The van der Waals surface area contributed by atoms with Crippen LogP contribution in [0.15, 0.2) is 4.52 Å². The van der Waals surface area contributed by atoms with Gasteiger partial charge in [-0.1, -0.05) is 24.4 Å². The third-order valence-corrected chi connectivity index (χ3v) is 4.29. The van der Waals surface area contributed by atoms with Gasteiger partial charge >= 0.3 is 0 Å². The minimum atomic E-state index is -0.400. The van der Waals surface area contributed by atoms with Crippen molar-refractivity contribution in [1.82, 2.24) is 10.1 Å². The zero-order chi connectivity index (χ0) is 13.3. The van der Waals surface area contributed by atoms with Crippen molar-refractivity contribution < 1.29 is 14.1 Å². The molecule has 0 aliphatic heterocycles. The fourth-order valence-electron chi connectivity index (χ4n) is 2.85. The first-order chi connectivity index (χ1) is 9.23. The van der Waals surface area contributed by atoms with Crippen LogP contribution in [0.25, 0.3) is 0 Å². The number of aromatic nitrogens is 2. The lowest BCUT2D eigenvalue weighted by Crippen LogP contribution is -2.32. The minimum absolute atomic E-state index is 0.227. The fourth-order valence-corrected chi connectivity index (χ4v) is 2.85. The van der Waals surface area contributed by atoms with E-state index >= 15 is 0 Å². The Labute approximate surface area is 112 Å². The number of carbonyl (C=O) groups is 1. The standard InChI is InChI=1S/C14H20N2O3/c1-18-14(7-3-2-4-8-14)13-15-12(19-16-13)9-11(17)10-5-6-10/h10H,2-9H2,1H3. The van der Waals surface area contributed by atoms with Crippen LogP contribution in [0.2, 0.25) is 0 Å². The van der Waals surface area contributed by atoms with Gasteiger partial charge in [0.15, 0.2) is 0 Å². The zero-order valence-corrected chi connectivity index (χ0v) is 11.4. The van der Waals surface area contributed by atoms with Crippen LogP contribution >= 0.6 is 0 Å². The van der Waals surface area contributed by atoms with Crippen molar-refractivity contribution in [3.63, 3.8) is 0 Å². The highest BCUT2D eigenvalue weighted by Crippen LogP contribution is 2.38. The first kappa shape index (κ1) is 12.8. The molecule has 3 rings (SSSR count). The monoisotopic (exact) mass is 264 g/mol. The zero-order valence-electron chi connectivity index (χ0n) is 11.4. The second kappa shape index (κ2) is 5.04. The molecular weight excluding hydrogens is 244 g/mol. The van der Waals surface area contributed by atoms with Gasteiger partial charge in [-0.15, -0.1) is 0 Å².